The van der Waals surface area contributed by atoms with Crippen LogP contribution < -0.4 is 5.32 Å². The van der Waals surface area contributed by atoms with E-state index in [1.165, 1.54) is 17.7 Å². The minimum atomic E-state index is 0.690. The van der Waals surface area contributed by atoms with Crippen LogP contribution in [0.15, 0.2) is 11.2 Å². The van der Waals surface area contributed by atoms with Gasteiger partial charge in [-0.25, -0.2) is 4.98 Å². The Labute approximate surface area is 105 Å². The highest BCUT2D eigenvalue weighted by molar-refractivity contribution is 8.14. The lowest BCUT2D eigenvalue weighted by Crippen LogP contribution is -2.18. The third-order valence-corrected chi connectivity index (χ3v) is 4.54. The van der Waals surface area contributed by atoms with Crippen molar-refractivity contribution in [2.75, 3.05) is 6.54 Å². The van der Waals surface area contributed by atoms with Crippen molar-refractivity contribution in [1.29, 1.82) is 0 Å². The van der Waals surface area contributed by atoms with E-state index < -0.39 is 0 Å². The first-order valence-electron chi connectivity index (χ1n) is 5.64. The van der Waals surface area contributed by atoms with Gasteiger partial charge < -0.3 is 5.32 Å². The lowest BCUT2D eigenvalue weighted by atomic mass is 10.2. The van der Waals surface area contributed by atoms with Crippen LogP contribution in [0, 0.1) is 6.92 Å². The van der Waals surface area contributed by atoms with Gasteiger partial charge in [0.1, 0.15) is 0 Å². The summed E-state index contributed by atoms with van der Waals surface area (Å²) in [5.74, 6) is 0. The molecular formula is C11H17N3S2. The highest BCUT2D eigenvalue weighted by atomic mass is 32.2. The Hall–Kier alpha value is -0.550. The molecule has 0 aliphatic carbocycles. The summed E-state index contributed by atoms with van der Waals surface area (Å²) in [6, 6.07) is 0. The molecule has 0 saturated heterocycles. The molecule has 0 radical (unpaired) electrons. The molecule has 0 bridgehead atoms. The molecule has 1 aromatic heterocycles. The molecule has 1 atom stereocenters. The second-order valence-electron chi connectivity index (χ2n) is 3.87. The predicted octanol–water partition coefficient (Wildman–Crippen LogP) is 2.81. The molecule has 1 aliphatic heterocycles. The van der Waals surface area contributed by atoms with Gasteiger partial charge in [-0.1, -0.05) is 25.1 Å². The fourth-order valence-corrected chi connectivity index (χ4v) is 3.49. The molecule has 1 N–H and O–H groups in total. The molecule has 1 unspecified atom stereocenters. The molecular weight excluding hydrogens is 238 g/mol. The average Bonchev–Trinajstić information content (AvgIpc) is 2.85. The van der Waals surface area contributed by atoms with E-state index >= 15 is 0 Å². The van der Waals surface area contributed by atoms with Crippen molar-refractivity contribution < 1.29 is 0 Å². The van der Waals surface area contributed by atoms with E-state index in [1.54, 1.807) is 11.3 Å². The monoisotopic (exact) mass is 255 g/mol. The summed E-state index contributed by atoms with van der Waals surface area (Å²) in [7, 11) is 0. The van der Waals surface area contributed by atoms with Crippen molar-refractivity contribution in [3.05, 3.63) is 16.1 Å². The van der Waals surface area contributed by atoms with Gasteiger partial charge in [-0.2, -0.15) is 0 Å². The summed E-state index contributed by atoms with van der Waals surface area (Å²) >= 11 is 3.63. The van der Waals surface area contributed by atoms with E-state index in [1.807, 2.05) is 24.9 Å². The van der Waals surface area contributed by atoms with Gasteiger partial charge in [-0.3, -0.25) is 4.99 Å². The second kappa shape index (κ2) is 5.68. The van der Waals surface area contributed by atoms with E-state index in [-0.39, 0.29) is 0 Å². The van der Waals surface area contributed by atoms with Gasteiger partial charge >= 0.3 is 0 Å². The minimum absolute atomic E-state index is 0.690. The van der Waals surface area contributed by atoms with Crippen LogP contribution in [0.4, 0.5) is 0 Å². The van der Waals surface area contributed by atoms with E-state index in [9.17, 15) is 0 Å². The Balaban J connectivity index is 1.75. The van der Waals surface area contributed by atoms with Crippen molar-refractivity contribution in [2.24, 2.45) is 4.99 Å². The molecule has 0 fully saturated rings. The lowest BCUT2D eigenvalue weighted by Gasteiger charge is -2.06. The van der Waals surface area contributed by atoms with Crippen LogP contribution in [0.1, 0.15) is 29.7 Å². The summed E-state index contributed by atoms with van der Waals surface area (Å²) in [6.45, 7) is 6.10. The van der Waals surface area contributed by atoms with Crippen LogP contribution in [0.5, 0.6) is 0 Å². The number of aromatic nitrogens is 1. The quantitative estimate of drug-likeness (QED) is 0.899. The number of hydrogen-bond acceptors (Lipinski definition) is 5. The highest BCUT2D eigenvalue weighted by Gasteiger charge is 2.18. The standard InChI is InChI=1S/C11H17N3S2/c1-3-4-9-5-13-11(16-9)14-7-10-6-12-8(2)15-10/h6,9H,3-5,7H2,1-2H3,(H,13,14). The number of aryl methyl sites for hydroxylation is 1. The molecule has 0 aromatic carbocycles. The molecule has 0 saturated carbocycles. The van der Waals surface area contributed by atoms with Crippen LogP contribution in [0.2, 0.25) is 0 Å². The van der Waals surface area contributed by atoms with Crippen LogP contribution in [0.3, 0.4) is 0 Å². The maximum absolute atomic E-state index is 4.51. The summed E-state index contributed by atoms with van der Waals surface area (Å²) in [6.07, 6.45) is 4.45. The molecule has 0 spiro atoms. The van der Waals surface area contributed by atoms with E-state index in [4.69, 9.17) is 0 Å². The van der Waals surface area contributed by atoms with Crippen molar-refractivity contribution in [3.63, 3.8) is 0 Å². The van der Waals surface area contributed by atoms with Crippen molar-refractivity contribution in [2.45, 2.75) is 38.5 Å². The van der Waals surface area contributed by atoms with E-state index in [2.05, 4.69) is 22.2 Å². The zero-order chi connectivity index (χ0) is 11.4. The lowest BCUT2D eigenvalue weighted by molar-refractivity contribution is 0.754. The summed E-state index contributed by atoms with van der Waals surface area (Å²) < 4.78 is 0. The smallest absolute Gasteiger partial charge is 0.157 e. The molecule has 1 aromatic rings. The van der Waals surface area contributed by atoms with Crippen LogP contribution in [-0.2, 0) is 6.54 Å². The molecule has 0 amide bonds. The number of amidine groups is 1. The SMILES string of the molecule is CCCC1CN=C(NCc2cnc(C)s2)S1. The maximum atomic E-state index is 4.51. The number of thiazole rings is 1. The van der Waals surface area contributed by atoms with Gasteiger partial charge in [0.15, 0.2) is 5.17 Å². The number of hydrogen-bond donors (Lipinski definition) is 1. The van der Waals surface area contributed by atoms with Gasteiger partial charge in [0.2, 0.25) is 0 Å². The molecule has 3 nitrogen and oxygen atoms in total. The van der Waals surface area contributed by atoms with Gasteiger partial charge in [0.05, 0.1) is 18.1 Å². The number of nitrogens with zero attached hydrogens (tertiary/aromatic N) is 2. The Bertz CT molecular complexity index is 373. The molecule has 2 heterocycles. The fraction of sp³-hybridized carbons (Fsp3) is 0.636. The largest absolute Gasteiger partial charge is 0.360 e. The van der Waals surface area contributed by atoms with Crippen LogP contribution >= 0.6 is 23.1 Å². The number of aliphatic imine (C=N–C) groups is 1. The summed E-state index contributed by atoms with van der Waals surface area (Å²) in [5, 5.41) is 6.30. The average molecular weight is 255 g/mol. The Morgan fingerprint density at radius 2 is 2.44 bits per heavy atom. The Morgan fingerprint density at radius 1 is 1.56 bits per heavy atom. The fourth-order valence-electron chi connectivity index (χ4n) is 1.64. The van der Waals surface area contributed by atoms with E-state index in [0.29, 0.717) is 5.25 Å². The Morgan fingerprint density at radius 3 is 3.12 bits per heavy atom. The first-order chi connectivity index (χ1) is 7.78. The third-order valence-electron chi connectivity index (χ3n) is 2.41. The van der Waals surface area contributed by atoms with Crippen LogP contribution in [-0.4, -0.2) is 21.9 Å². The first-order valence-corrected chi connectivity index (χ1v) is 7.34. The summed E-state index contributed by atoms with van der Waals surface area (Å²) in [5.41, 5.74) is 0. The molecule has 2 rings (SSSR count). The minimum Gasteiger partial charge on any atom is -0.360 e. The number of nitrogens with one attached hydrogen (secondary N) is 1. The zero-order valence-corrected chi connectivity index (χ0v) is 11.3. The number of rotatable bonds is 4. The highest BCUT2D eigenvalue weighted by Crippen LogP contribution is 2.23. The van der Waals surface area contributed by atoms with Crippen molar-refractivity contribution in [1.82, 2.24) is 10.3 Å². The molecule has 1 aliphatic rings. The van der Waals surface area contributed by atoms with Crippen molar-refractivity contribution in [3.8, 4) is 0 Å². The summed E-state index contributed by atoms with van der Waals surface area (Å²) in [4.78, 5) is 10.0. The van der Waals surface area contributed by atoms with Crippen molar-refractivity contribution >= 4 is 28.3 Å². The number of thioether (sulfide) groups is 1. The molecule has 16 heavy (non-hydrogen) atoms. The van der Waals surface area contributed by atoms with Gasteiger partial charge in [-0.15, -0.1) is 11.3 Å². The van der Waals surface area contributed by atoms with Gasteiger partial charge in [0.25, 0.3) is 0 Å². The topological polar surface area (TPSA) is 37.3 Å². The first kappa shape index (κ1) is 11.9. The van der Waals surface area contributed by atoms with Gasteiger partial charge in [0, 0.05) is 16.3 Å². The van der Waals surface area contributed by atoms with Crippen LogP contribution in [0.25, 0.3) is 0 Å². The molecule has 5 heteroatoms. The third kappa shape index (κ3) is 3.22. The van der Waals surface area contributed by atoms with E-state index in [0.717, 1.165) is 23.3 Å². The maximum Gasteiger partial charge on any atom is 0.157 e. The molecule has 88 valence electrons. The zero-order valence-electron chi connectivity index (χ0n) is 9.69. The normalized spacial score (nSPS) is 19.9. The Kier molecular flexibility index (Phi) is 4.23. The predicted molar refractivity (Wildman–Crippen MR) is 72.3 cm³/mol. The second-order valence-corrected chi connectivity index (χ2v) is 6.48. The van der Waals surface area contributed by atoms with Gasteiger partial charge in [-0.05, 0) is 13.3 Å².